The Labute approximate surface area is 149 Å². The van der Waals surface area contributed by atoms with Crippen LogP contribution in [0.25, 0.3) is 0 Å². The molecule has 2 rings (SSSR count). The van der Waals surface area contributed by atoms with Crippen molar-refractivity contribution >= 4 is 29.8 Å². The van der Waals surface area contributed by atoms with Gasteiger partial charge >= 0.3 is 0 Å². The molecule has 2 aromatic rings. The van der Waals surface area contributed by atoms with Crippen molar-refractivity contribution in [3.8, 4) is 0 Å². The highest BCUT2D eigenvalue weighted by molar-refractivity contribution is 6.05. The first-order valence-corrected chi connectivity index (χ1v) is 7.89. The van der Waals surface area contributed by atoms with Crippen molar-refractivity contribution in [2.75, 3.05) is 11.9 Å². The van der Waals surface area contributed by atoms with Gasteiger partial charge in [0.05, 0.1) is 0 Å². The number of carbonyl (C=O) groups excluding carboxylic acids is 2. The number of halogens is 1. The van der Waals surface area contributed by atoms with Crippen molar-refractivity contribution in [1.29, 1.82) is 0 Å². The van der Waals surface area contributed by atoms with Gasteiger partial charge in [-0.3, -0.25) is 9.59 Å². The molecule has 4 nitrogen and oxygen atoms in total. The van der Waals surface area contributed by atoms with Crippen LogP contribution >= 0.6 is 12.4 Å². The number of nitrogens with one attached hydrogen (secondary N) is 2. The zero-order valence-electron chi connectivity index (χ0n) is 14.0. The second kappa shape index (κ2) is 9.85. The van der Waals surface area contributed by atoms with E-state index >= 15 is 0 Å². The standard InChI is InChI=1S/C19H22N2O2.ClH/c1-3-18(22)14-9-11-15(12-10-14)19(23)21-17-8-6-5-7-16(17)13-20-4-2;/h5-12,20H,3-4,13H2,1-2H3,(H,21,23);1H. The summed E-state index contributed by atoms with van der Waals surface area (Å²) in [4.78, 5) is 24.0. The second-order valence-corrected chi connectivity index (χ2v) is 5.25. The molecule has 0 heterocycles. The van der Waals surface area contributed by atoms with E-state index in [0.717, 1.165) is 17.8 Å². The van der Waals surface area contributed by atoms with Crippen molar-refractivity contribution in [3.63, 3.8) is 0 Å². The third kappa shape index (κ3) is 5.18. The summed E-state index contributed by atoms with van der Waals surface area (Å²) in [6.45, 7) is 5.44. The lowest BCUT2D eigenvalue weighted by molar-refractivity contribution is 0.0984. The summed E-state index contributed by atoms with van der Waals surface area (Å²) < 4.78 is 0. The average Bonchev–Trinajstić information content (AvgIpc) is 2.60. The number of rotatable bonds is 7. The van der Waals surface area contributed by atoms with Crippen LogP contribution in [0.3, 0.4) is 0 Å². The quantitative estimate of drug-likeness (QED) is 0.743. The smallest absolute Gasteiger partial charge is 0.255 e. The molecule has 0 saturated carbocycles. The van der Waals surface area contributed by atoms with Gasteiger partial charge in [0, 0.05) is 29.8 Å². The topological polar surface area (TPSA) is 58.2 Å². The molecule has 2 aromatic carbocycles. The van der Waals surface area contributed by atoms with Crippen LogP contribution in [0.2, 0.25) is 0 Å². The van der Waals surface area contributed by atoms with Crippen LogP contribution in [0.1, 0.15) is 46.5 Å². The summed E-state index contributed by atoms with van der Waals surface area (Å²) in [6.07, 6.45) is 0.462. The number of amides is 1. The van der Waals surface area contributed by atoms with E-state index in [9.17, 15) is 9.59 Å². The highest BCUT2D eigenvalue weighted by Gasteiger charge is 2.10. The SMILES string of the molecule is CCNCc1ccccc1NC(=O)c1ccc(C(=O)CC)cc1.Cl. The van der Waals surface area contributed by atoms with Gasteiger partial charge in [0.1, 0.15) is 0 Å². The number of hydrogen-bond donors (Lipinski definition) is 2. The Morgan fingerprint density at radius 1 is 0.917 bits per heavy atom. The Kier molecular flexibility index (Phi) is 8.16. The Morgan fingerprint density at radius 2 is 1.54 bits per heavy atom. The van der Waals surface area contributed by atoms with Crippen LogP contribution in [0.15, 0.2) is 48.5 Å². The summed E-state index contributed by atoms with van der Waals surface area (Å²) >= 11 is 0. The molecule has 0 unspecified atom stereocenters. The molecule has 0 atom stereocenters. The van der Waals surface area contributed by atoms with E-state index < -0.39 is 0 Å². The van der Waals surface area contributed by atoms with E-state index in [1.807, 2.05) is 38.1 Å². The summed E-state index contributed by atoms with van der Waals surface area (Å²) in [5.41, 5.74) is 3.01. The second-order valence-electron chi connectivity index (χ2n) is 5.25. The Bertz CT molecular complexity index is 684. The fourth-order valence-electron chi connectivity index (χ4n) is 2.26. The van der Waals surface area contributed by atoms with Crippen LogP contribution < -0.4 is 10.6 Å². The van der Waals surface area contributed by atoms with E-state index in [0.29, 0.717) is 24.1 Å². The molecule has 24 heavy (non-hydrogen) atoms. The molecule has 0 aliphatic rings. The molecule has 0 spiro atoms. The number of hydrogen-bond acceptors (Lipinski definition) is 3. The normalized spacial score (nSPS) is 9.92. The fourth-order valence-corrected chi connectivity index (χ4v) is 2.26. The van der Waals surface area contributed by atoms with Crippen molar-refractivity contribution in [3.05, 3.63) is 65.2 Å². The van der Waals surface area contributed by atoms with Crippen molar-refractivity contribution in [2.45, 2.75) is 26.8 Å². The van der Waals surface area contributed by atoms with Gasteiger partial charge in [-0.15, -0.1) is 12.4 Å². The van der Waals surface area contributed by atoms with E-state index in [1.54, 1.807) is 24.3 Å². The van der Waals surface area contributed by atoms with Crippen LogP contribution in [-0.4, -0.2) is 18.2 Å². The average molecular weight is 347 g/mol. The lowest BCUT2D eigenvalue weighted by atomic mass is 10.1. The third-order valence-corrected chi connectivity index (χ3v) is 3.62. The molecule has 0 bridgehead atoms. The number of benzene rings is 2. The van der Waals surface area contributed by atoms with Gasteiger partial charge in [0.25, 0.3) is 5.91 Å². The van der Waals surface area contributed by atoms with Gasteiger partial charge in [-0.25, -0.2) is 0 Å². The highest BCUT2D eigenvalue weighted by Crippen LogP contribution is 2.16. The number of ketones is 1. The number of carbonyl (C=O) groups is 2. The molecule has 0 saturated heterocycles. The molecule has 5 heteroatoms. The van der Waals surface area contributed by atoms with Gasteiger partial charge in [0.2, 0.25) is 0 Å². The summed E-state index contributed by atoms with van der Waals surface area (Å²) in [7, 11) is 0. The lowest BCUT2D eigenvalue weighted by Gasteiger charge is -2.11. The molecule has 2 N–H and O–H groups in total. The maximum atomic E-state index is 12.4. The van der Waals surface area contributed by atoms with Crippen LogP contribution in [0, 0.1) is 0 Å². The van der Waals surface area contributed by atoms with Crippen molar-refractivity contribution in [1.82, 2.24) is 5.32 Å². The molecular formula is C19H23ClN2O2. The van der Waals surface area contributed by atoms with Gasteiger partial charge in [-0.1, -0.05) is 44.2 Å². The van der Waals surface area contributed by atoms with Crippen LogP contribution in [0.5, 0.6) is 0 Å². The minimum atomic E-state index is -0.176. The summed E-state index contributed by atoms with van der Waals surface area (Å²) in [6, 6.07) is 14.5. The molecule has 0 radical (unpaired) electrons. The monoisotopic (exact) mass is 346 g/mol. The Morgan fingerprint density at radius 3 is 2.17 bits per heavy atom. The van der Waals surface area contributed by atoms with E-state index in [1.165, 1.54) is 0 Å². The van der Waals surface area contributed by atoms with E-state index in [-0.39, 0.29) is 24.1 Å². The fraction of sp³-hybridized carbons (Fsp3) is 0.263. The maximum absolute atomic E-state index is 12.4. The number of Topliss-reactive ketones (excluding diaryl/α,β-unsaturated/α-hetero) is 1. The molecule has 0 aromatic heterocycles. The molecule has 0 fully saturated rings. The Balaban J connectivity index is 0.00000288. The predicted molar refractivity (Wildman–Crippen MR) is 100 cm³/mol. The first-order chi connectivity index (χ1) is 11.2. The highest BCUT2D eigenvalue weighted by atomic mass is 35.5. The molecule has 1 amide bonds. The molecule has 128 valence electrons. The van der Waals surface area contributed by atoms with Crippen LogP contribution in [-0.2, 0) is 6.54 Å². The van der Waals surface area contributed by atoms with Crippen molar-refractivity contribution in [2.24, 2.45) is 0 Å². The number of para-hydroxylation sites is 1. The van der Waals surface area contributed by atoms with Crippen LogP contribution in [0.4, 0.5) is 5.69 Å². The van der Waals surface area contributed by atoms with Gasteiger partial charge < -0.3 is 10.6 Å². The van der Waals surface area contributed by atoms with Gasteiger partial charge in [0.15, 0.2) is 5.78 Å². The molecule has 0 aliphatic heterocycles. The van der Waals surface area contributed by atoms with E-state index in [2.05, 4.69) is 10.6 Å². The van der Waals surface area contributed by atoms with E-state index in [4.69, 9.17) is 0 Å². The Hall–Kier alpha value is -2.17. The van der Waals surface area contributed by atoms with Crippen molar-refractivity contribution < 1.29 is 9.59 Å². The molecular weight excluding hydrogens is 324 g/mol. The minimum absolute atomic E-state index is 0. The number of anilines is 1. The zero-order chi connectivity index (χ0) is 16.7. The predicted octanol–water partition coefficient (Wildman–Crippen LogP) is 4.06. The first kappa shape index (κ1) is 19.9. The summed E-state index contributed by atoms with van der Waals surface area (Å²) in [5, 5.41) is 6.19. The first-order valence-electron chi connectivity index (χ1n) is 7.89. The largest absolute Gasteiger partial charge is 0.322 e. The third-order valence-electron chi connectivity index (χ3n) is 3.62. The lowest BCUT2D eigenvalue weighted by Crippen LogP contribution is -2.17. The maximum Gasteiger partial charge on any atom is 0.255 e. The minimum Gasteiger partial charge on any atom is -0.322 e. The summed E-state index contributed by atoms with van der Waals surface area (Å²) in [5.74, 6) is -0.0996. The molecule has 0 aliphatic carbocycles. The van der Waals surface area contributed by atoms with Gasteiger partial charge in [-0.05, 0) is 30.3 Å². The zero-order valence-corrected chi connectivity index (χ0v) is 14.8. The van der Waals surface area contributed by atoms with Gasteiger partial charge in [-0.2, -0.15) is 0 Å².